The van der Waals surface area contributed by atoms with E-state index in [1.165, 1.54) is 153 Å². The van der Waals surface area contributed by atoms with E-state index in [2.05, 4.69) is 157 Å². The summed E-state index contributed by atoms with van der Waals surface area (Å²) in [6, 6.07) is 22.9. The van der Waals surface area contributed by atoms with Crippen LogP contribution in [-0.4, -0.2) is 29.9 Å². The van der Waals surface area contributed by atoms with Crippen molar-refractivity contribution in [1.29, 1.82) is 0 Å². The van der Waals surface area contributed by atoms with Crippen LogP contribution in [0.3, 0.4) is 0 Å². The maximum atomic E-state index is 5.13. The van der Waals surface area contributed by atoms with Gasteiger partial charge in [-0.05, 0) is 158 Å². The predicted molar refractivity (Wildman–Crippen MR) is 392 cm³/mol. The number of aryl methyl sites for hydroxylation is 9. The molecule has 0 spiro atoms. The van der Waals surface area contributed by atoms with Gasteiger partial charge in [-0.15, -0.1) is 0 Å². The third-order valence-electron chi connectivity index (χ3n) is 11.8. The molecule has 0 bridgehead atoms. The van der Waals surface area contributed by atoms with Crippen LogP contribution in [0.25, 0.3) is 0 Å². The van der Waals surface area contributed by atoms with E-state index >= 15 is 0 Å². The molecule has 0 atom stereocenters. The molecule has 0 fully saturated rings. The van der Waals surface area contributed by atoms with Gasteiger partial charge in [-0.3, -0.25) is 29.9 Å². The molecule has 6 aromatic rings. The van der Waals surface area contributed by atoms with Crippen molar-refractivity contribution >= 4 is 0 Å². The maximum Gasteiger partial charge on any atom is 0.0441 e. The summed E-state index contributed by atoms with van der Waals surface area (Å²) in [6.07, 6.45) is 41.6. The fourth-order valence-electron chi connectivity index (χ4n) is 8.54. The second kappa shape index (κ2) is 97.0. The summed E-state index contributed by atoms with van der Waals surface area (Å²) in [7, 11) is 0. The Morgan fingerprint density at radius 1 is 0.256 bits per heavy atom. The quantitative estimate of drug-likeness (QED) is 0.0562. The molecule has 6 radical (unpaired) electrons. The van der Waals surface area contributed by atoms with E-state index in [1.54, 1.807) is 22.9 Å². The van der Waals surface area contributed by atoms with Gasteiger partial charge < -0.3 is 44.6 Å². The van der Waals surface area contributed by atoms with E-state index in [1.807, 2.05) is 55.4 Å². The van der Waals surface area contributed by atoms with E-state index in [0.717, 1.165) is 51.4 Å². The zero-order valence-electron chi connectivity index (χ0n) is 56.7. The third kappa shape index (κ3) is 66.0. The topological polar surface area (TPSA) is 77.3 Å². The predicted octanol–water partition coefficient (Wildman–Crippen LogP) is 24.4. The molecule has 12 heteroatoms. The molecule has 0 unspecified atom stereocenters. The van der Waals surface area contributed by atoms with Crippen molar-refractivity contribution in [2.45, 2.75) is 282 Å². The Bertz CT molecular complexity index is 1940. The Morgan fingerprint density at radius 2 is 0.600 bits per heavy atom. The van der Waals surface area contributed by atoms with Gasteiger partial charge in [0, 0.05) is 206 Å². The molecule has 0 aliphatic heterocycles. The van der Waals surface area contributed by atoms with Crippen LogP contribution in [0.15, 0.2) is 110 Å². The summed E-state index contributed by atoms with van der Waals surface area (Å²) in [5.74, 6) is 0. The Labute approximate surface area is 660 Å². The van der Waals surface area contributed by atoms with Gasteiger partial charge in [-0.2, -0.15) is 0 Å². The minimum absolute atomic E-state index is 0. The van der Waals surface area contributed by atoms with Crippen molar-refractivity contribution < 1.29 is 134 Å². The van der Waals surface area contributed by atoms with E-state index in [0.29, 0.717) is 0 Å². The number of aromatic nitrogens is 6. The number of hydrogen-bond donors (Lipinski definition) is 0. The fourth-order valence-corrected chi connectivity index (χ4v) is 8.54. The molecule has 90 heavy (non-hydrogen) atoms. The minimum Gasteiger partial charge on any atom is -0.358 e. The smallest absolute Gasteiger partial charge is 0.0441 e. The normalized spacial score (nSPS) is 8.13. The molecular weight excluding hydrogens is 2110 g/mol. The van der Waals surface area contributed by atoms with Gasteiger partial charge in [0.25, 0.3) is 0 Å². The summed E-state index contributed by atoms with van der Waals surface area (Å²) in [5.41, 5.74) is 16.8. The van der Waals surface area contributed by atoms with Crippen molar-refractivity contribution in [1.82, 2.24) is 29.9 Å². The van der Waals surface area contributed by atoms with E-state index in [9.17, 15) is 0 Å². The molecule has 0 aliphatic carbocycles. The summed E-state index contributed by atoms with van der Waals surface area (Å²) in [4.78, 5) is 26.0. The minimum atomic E-state index is 0. The Kier molecular flexibility index (Phi) is 148. The van der Waals surface area contributed by atoms with Crippen LogP contribution in [0.1, 0.15) is 272 Å². The Hall–Kier alpha value is -0.658. The summed E-state index contributed by atoms with van der Waals surface area (Å²) in [6.45, 7) is 26.7. The van der Waals surface area contributed by atoms with E-state index in [4.69, 9.17) is 4.98 Å². The SMILES string of the molecule is C.C.C.C.C.C.CCCc1cccc(CCC)n1.CCCc1ccccn1.CCCc1cccnc1.CCCc1ccncc1.CCCc1cncc(CCC)c1.CCCc1nc(CCC)c(CCC)c(CCC)c1CCC.[CH3-].[CH3-].[CH3-].[CH3-].[CH3-].[CH3-].[Ta].[Ta].[Ta].[Ta].[Ta].[Ta]. The first-order valence-electron chi connectivity index (χ1n) is 28.8. The van der Waals surface area contributed by atoms with Crippen molar-refractivity contribution in [3.63, 3.8) is 0 Å². The van der Waals surface area contributed by atoms with Crippen molar-refractivity contribution in [2.24, 2.45) is 0 Å². The first-order valence-corrected chi connectivity index (χ1v) is 28.8. The van der Waals surface area contributed by atoms with Gasteiger partial charge in [0.15, 0.2) is 0 Å². The molecule has 522 valence electrons. The van der Waals surface area contributed by atoms with Crippen LogP contribution in [0.5, 0.6) is 0 Å². The molecule has 6 nitrogen and oxygen atoms in total. The van der Waals surface area contributed by atoms with Crippen molar-refractivity contribution in [3.05, 3.63) is 222 Å². The summed E-state index contributed by atoms with van der Waals surface area (Å²) < 4.78 is 0. The zero-order chi connectivity index (χ0) is 52.9. The van der Waals surface area contributed by atoms with Crippen molar-refractivity contribution in [3.8, 4) is 0 Å². The number of rotatable bonds is 24. The first kappa shape index (κ1) is 137. The summed E-state index contributed by atoms with van der Waals surface area (Å²) in [5, 5.41) is 0. The average molecular weight is 2250 g/mol. The molecular formula is C78H144N6Ta6-6. The molecule has 0 amide bonds. The number of pyridine rings is 6. The number of hydrogen-bond acceptors (Lipinski definition) is 6. The Morgan fingerprint density at radius 3 is 0.956 bits per heavy atom. The van der Waals surface area contributed by atoms with Crippen LogP contribution in [-0.2, 0) is 211 Å². The van der Waals surface area contributed by atoms with Crippen LogP contribution in [0.4, 0.5) is 0 Å². The van der Waals surface area contributed by atoms with Crippen molar-refractivity contribution in [2.75, 3.05) is 0 Å². The average Bonchev–Trinajstić information content (AvgIpc) is 3.39. The van der Waals surface area contributed by atoms with Gasteiger partial charge >= 0.3 is 0 Å². The molecule has 0 aromatic carbocycles. The molecule has 0 N–H and O–H groups in total. The molecule has 6 aromatic heterocycles. The van der Waals surface area contributed by atoms with Gasteiger partial charge in [0.1, 0.15) is 0 Å². The zero-order valence-corrected chi connectivity index (χ0v) is 76.0. The van der Waals surface area contributed by atoms with Crippen LogP contribution in [0, 0.1) is 44.6 Å². The second-order valence-electron chi connectivity index (χ2n) is 18.8. The first-order chi connectivity index (χ1) is 35.2. The molecule has 0 aliphatic rings. The van der Waals surface area contributed by atoms with Gasteiger partial charge in [-0.1, -0.05) is 229 Å². The van der Waals surface area contributed by atoms with Crippen LogP contribution < -0.4 is 0 Å². The van der Waals surface area contributed by atoms with Gasteiger partial charge in [-0.25, -0.2) is 0 Å². The van der Waals surface area contributed by atoms with Gasteiger partial charge in [0.05, 0.1) is 0 Å². The van der Waals surface area contributed by atoms with Crippen LogP contribution in [0.2, 0.25) is 0 Å². The Balaban J connectivity index is -0.0000000425. The van der Waals surface area contributed by atoms with E-state index < -0.39 is 0 Å². The second-order valence-corrected chi connectivity index (χ2v) is 18.8. The largest absolute Gasteiger partial charge is 0.358 e. The maximum absolute atomic E-state index is 5.13. The van der Waals surface area contributed by atoms with Gasteiger partial charge in [0.2, 0.25) is 0 Å². The molecule has 6 rings (SSSR count). The standard InChI is InChI=1S/C20H35N.2C11H17N.3C8H11N.6CH4.6CH3.6Ta/c1-6-11-16-17(12-7-2)19(14-9-4)21-20(15-10-5)18(16)13-8-3;1-3-6-10-8-5-9-11(12-10)7-4-2;1-3-5-10-7-11(6-4-2)9-12-8-10;1-2-5-8-6-3-4-7-9-8;1-2-4-8-5-3-6-9-7-8;1-2-3-8-4-6-9-7-5-8;;;;;;;;;;;;;;;;;;/h6-15H2,1-5H3;5,8-9H,3-4,6-7H2,1-2H3;7-9H,3-6H2,1-2H3;3-4,6-7H,2,5H2,1H3;3,5-7H,2,4H2,1H3;4-7H,2-3H2,1H3;6*1H4;6*1H3;;;;;;/q;;;;;;;;;;;;6*-1;;;;;;. The molecule has 0 saturated heterocycles. The fraction of sp³-hybridized carbons (Fsp3) is 0.538. The number of nitrogens with zero attached hydrogens (tertiary/aromatic N) is 6. The van der Waals surface area contributed by atoms with Crippen LogP contribution >= 0.6 is 0 Å². The van der Waals surface area contributed by atoms with E-state index in [-0.39, 0.29) is 223 Å². The monoisotopic (exact) mass is 2250 g/mol. The molecule has 6 heterocycles. The third-order valence-corrected chi connectivity index (χ3v) is 11.8. The molecule has 0 saturated carbocycles. The summed E-state index contributed by atoms with van der Waals surface area (Å²) >= 11 is 0.